The van der Waals surface area contributed by atoms with Crippen LogP contribution in [0.4, 0.5) is 4.39 Å². The zero-order valence-corrected chi connectivity index (χ0v) is 14.2. The van der Waals surface area contributed by atoms with E-state index in [-0.39, 0.29) is 16.3 Å². The summed E-state index contributed by atoms with van der Waals surface area (Å²) in [4.78, 5) is 11.8. The third-order valence-electron chi connectivity index (χ3n) is 3.61. The maximum Gasteiger partial charge on any atom is 0.241 e. The minimum Gasteiger partial charge on any atom is -0.295 e. The lowest BCUT2D eigenvalue weighted by Crippen LogP contribution is -2.31. The lowest BCUT2D eigenvalue weighted by atomic mass is 9.98. The predicted molar refractivity (Wildman–Crippen MR) is 90.5 cm³/mol. The summed E-state index contributed by atoms with van der Waals surface area (Å²) in [7, 11) is -3.87. The topological polar surface area (TPSA) is 63.2 Å². The van der Waals surface area contributed by atoms with Crippen molar-refractivity contribution in [3.05, 3.63) is 77.6 Å². The lowest BCUT2D eigenvalue weighted by Gasteiger charge is -2.20. The Hall–Kier alpha value is -2.31. The quantitative estimate of drug-likeness (QED) is 0.816. The van der Waals surface area contributed by atoms with Crippen LogP contribution < -0.4 is 4.72 Å². The van der Waals surface area contributed by atoms with Crippen LogP contribution in [0.15, 0.2) is 65.6 Å². The fraction of sp³-hybridized carbons (Fsp3) is 0.167. The number of hydrogen-bond acceptors (Lipinski definition) is 3. The molecular weight excluding hydrogens is 329 g/mol. The monoisotopic (exact) mass is 347 g/mol. The van der Waals surface area contributed by atoms with E-state index in [1.54, 1.807) is 12.1 Å². The second-order valence-corrected chi connectivity index (χ2v) is 7.21. The van der Waals surface area contributed by atoms with Gasteiger partial charge >= 0.3 is 0 Å². The molecule has 1 N–H and O–H groups in total. The van der Waals surface area contributed by atoms with E-state index in [4.69, 9.17) is 0 Å². The summed E-state index contributed by atoms with van der Waals surface area (Å²) in [6, 6.07) is 10.6. The van der Waals surface area contributed by atoms with Gasteiger partial charge in [0.25, 0.3) is 0 Å². The number of hydrogen-bond donors (Lipinski definition) is 1. The van der Waals surface area contributed by atoms with Crippen molar-refractivity contribution in [2.24, 2.45) is 0 Å². The van der Waals surface area contributed by atoms with Gasteiger partial charge in [0.15, 0.2) is 5.78 Å². The first-order valence-corrected chi connectivity index (χ1v) is 8.73. The summed E-state index contributed by atoms with van der Waals surface area (Å²) in [6.07, 6.45) is 0. The number of Topliss-reactive ketones (excluding diaryl/α,β-unsaturated/α-hetero) is 1. The molecule has 0 aliphatic carbocycles. The number of ketones is 1. The smallest absolute Gasteiger partial charge is 0.241 e. The molecule has 1 atom stereocenters. The maximum atomic E-state index is 13.1. The molecule has 4 nitrogen and oxygen atoms in total. The highest BCUT2D eigenvalue weighted by atomic mass is 32.2. The van der Waals surface area contributed by atoms with E-state index in [0.29, 0.717) is 5.56 Å². The first-order valence-electron chi connectivity index (χ1n) is 7.25. The van der Waals surface area contributed by atoms with E-state index in [1.807, 2.05) is 6.92 Å². The number of carbonyl (C=O) groups excluding carboxylic acids is 1. The average molecular weight is 347 g/mol. The maximum absolute atomic E-state index is 13.1. The van der Waals surface area contributed by atoms with Crippen LogP contribution in [0.3, 0.4) is 0 Å². The Balaban J connectivity index is 2.41. The van der Waals surface area contributed by atoms with Crippen molar-refractivity contribution in [2.75, 3.05) is 0 Å². The molecule has 0 saturated heterocycles. The summed E-state index contributed by atoms with van der Waals surface area (Å²) >= 11 is 0. The van der Waals surface area contributed by atoms with Gasteiger partial charge in [-0.2, -0.15) is 4.72 Å². The Bertz CT molecular complexity index is 856. The van der Waals surface area contributed by atoms with Gasteiger partial charge in [-0.3, -0.25) is 4.79 Å². The van der Waals surface area contributed by atoms with E-state index in [0.717, 1.165) is 5.56 Å². The number of aryl methyl sites for hydroxylation is 1. The van der Waals surface area contributed by atoms with E-state index in [2.05, 4.69) is 11.3 Å². The molecule has 0 heterocycles. The van der Waals surface area contributed by atoms with E-state index in [9.17, 15) is 17.6 Å². The molecule has 0 aromatic heterocycles. The van der Waals surface area contributed by atoms with Gasteiger partial charge in [0.2, 0.25) is 10.0 Å². The number of halogens is 1. The van der Waals surface area contributed by atoms with Gasteiger partial charge in [-0.15, -0.1) is 0 Å². The molecule has 0 spiro atoms. The van der Waals surface area contributed by atoms with Gasteiger partial charge in [0.1, 0.15) is 5.82 Å². The van der Waals surface area contributed by atoms with Gasteiger partial charge in [-0.1, -0.05) is 36.4 Å². The normalized spacial score (nSPS) is 12.6. The molecule has 2 aromatic carbocycles. The first-order chi connectivity index (χ1) is 11.2. The molecule has 0 bridgehead atoms. The number of sulfonamides is 1. The van der Waals surface area contributed by atoms with E-state index >= 15 is 0 Å². The molecule has 24 heavy (non-hydrogen) atoms. The fourth-order valence-corrected chi connectivity index (χ4v) is 3.36. The number of nitrogens with one attached hydrogen (secondary N) is 1. The lowest BCUT2D eigenvalue weighted by molar-refractivity contribution is -0.113. The fourth-order valence-electron chi connectivity index (χ4n) is 2.14. The molecule has 0 aliphatic rings. The Morgan fingerprint density at radius 2 is 1.62 bits per heavy atom. The Labute approximate surface area is 141 Å². The third kappa shape index (κ3) is 4.15. The van der Waals surface area contributed by atoms with Crippen molar-refractivity contribution in [3.8, 4) is 0 Å². The Kier molecular flexibility index (Phi) is 5.31. The standard InChI is InChI=1S/C18H18FNO3S/c1-12-4-10-17(11-5-12)24(22,23)20-18(13(2)14(3)21)15-6-8-16(19)9-7-15/h4-11,18,20H,2H2,1,3H3/t18-/m0/s1. The summed E-state index contributed by atoms with van der Waals surface area (Å²) in [5.74, 6) is -0.803. The Morgan fingerprint density at radius 1 is 1.08 bits per heavy atom. The van der Waals surface area contributed by atoms with Gasteiger partial charge in [0, 0.05) is 5.57 Å². The number of carbonyl (C=O) groups is 1. The van der Waals surface area contributed by atoms with Crippen molar-refractivity contribution in [2.45, 2.75) is 24.8 Å². The van der Waals surface area contributed by atoms with Gasteiger partial charge in [0.05, 0.1) is 10.9 Å². The van der Waals surface area contributed by atoms with Crippen LogP contribution >= 0.6 is 0 Å². The first kappa shape index (κ1) is 18.0. The van der Waals surface area contributed by atoms with Gasteiger partial charge in [-0.05, 0) is 43.7 Å². The van der Waals surface area contributed by atoms with Crippen molar-refractivity contribution in [3.63, 3.8) is 0 Å². The largest absolute Gasteiger partial charge is 0.295 e. The second-order valence-electron chi connectivity index (χ2n) is 5.50. The van der Waals surface area contributed by atoms with Gasteiger partial charge < -0.3 is 0 Å². The van der Waals surface area contributed by atoms with Crippen molar-refractivity contribution >= 4 is 15.8 Å². The van der Waals surface area contributed by atoms with E-state index in [1.165, 1.54) is 43.3 Å². The van der Waals surface area contributed by atoms with Crippen LogP contribution in [-0.4, -0.2) is 14.2 Å². The summed E-state index contributed by atoms with van der Waals surface area (Å²) in [6.45, 7) is 6.83. The summed E-state index contributed by atoms with van der Waals surface area (Å²) in [5.41, 5.74) is 1.45. The minimum atomic E-state index is -3.87. The van der Waals surface area contributed by atoms with Crippen LogP contribution in [-0.2, 0) is 14.8 Å². The molecule has 0 aliphatic heterocycles. The Morgan fingerprint density at radius 3 is 2.12 bits per heavy atom. The van der Waals surface area contributed by atoms with Crippen LogP contribution in [0.1, 0.15) is 24.1 Å². The molecule has 6 heteroatoms. The van der Waals surface area contributed by atoms with Crippen molar-refractivity contribution < 1.29 is 17.6 Å². The van der Waals surface area contributed by atoms with Crippen LogP contribution in [0.25, 0.3) is 0 Å². The molecule has 0 saturated carbocycles. The molecular formula is C18H18FNO3S. The predicted octanol–water partition coefficient (Wildman–Crippen LogP) is 3.30. The zero-order valence-electron chi connectivity index (χ0n) is 13.4. The molecule has 0 radical (unpaired) electrons. The van der Waals surface area contributed by atoms with Crippen LogP contribution in [0.2, 0.25) is 0 Å². The van der Waals surface area contributed by atoms with Crippen LogP contribution in [0.5, 0.6) is 0 Å². The van der Waals surface area contributed by atoms with Crippen molar-refractivity contribution in [1.29, 1.82) is 0 Å². The molecule has 126 valence electrons. The number of rotatable bonds is 6. The SMILES string of the molecule is C=C(C(C)=O)[C@H](NS(=O)(=O)c1ccc(C)cc1)c1ccc(F)cc1. The number of benzene rings is 2. The highest BCUT2D eigenvalue weighted by Crippen LogP contribution is 2.24. The summed E-state index contributed by atoms with van der Waals surface area (Å²) in [5, 5.41) is 0. The highest BCUT2D eigenvalue weighted by molar-refractivity contribution is 7.89. The van der Waals surface area contributed by atoms with Gasteiger partial charge in [-0.25, -0.2) is 12.8 Å². The molecule has 0 amide bonds. The van der Waals surface area contributed by atoms with Crippen LogP contribution in [0, 0.1) is 12.7 Å². The second kappa shape index (κ2) is 7.07. The molecule has 2 aromatic rings. The molecule has 0 unspecified atom stereocenters. The summed E-state index contributed by atoms with van der Waals surface area (Å²) < 4.78 is 40.8. The average Bonchev–Trinajstić information content (AvgIpc) is 2.53. The molecule has 2 rings (SSSR count). The highest BCUT2D eigenvalue weighted by Gasteiger charge is 2.25. The zero-order chi connectivity index (χ0) is 17.9. The third-order valence-corrected chi connectivity index (χ3v) is 5.05. The van der Waals surface area contributed by atoms with E-state index < -0.39 is 21.9 Å². The minimum absolute atomic E-state index is 0.0802. The van der Waals surface area contributed by atoms with Crippen molar-refractivity contribution in [1.82, 2.24) is 4.72 Å². The molecule has 0 fully saturated rings.